The Kier molecular flexibility index (Phi) is 3.53. The fraction of sp³-hybridized carbons (Fsp3) is 0.250. The van der Waals surface area contributed by atoms with Gasteiger partial charge in [-0.25, -0.2) is 0 Å². The summed E-state index contributed by atoms with van der Waals surface area (Å²) in [5, 5.41) is 1.21. The predicted octanol–water partition coefficient (Wildman–Crippen LogP) is 5.22. The number of rotatable bonds is 2. The standard InChI is InChI=1S/C16H14Cl2O/c1-19-16-9-13(11-4-2-3-5-12(11)16)10-6-7-14(17)15(18)8-10/h2-8,13,16H,9H2,1H3/t13-,16-/m0/s1. The fourth-order valence-corrected chi connectivity index (χ4v) is 3.16. The molecule has 0 aliphatic heterocycles. The summed E-state index contributed by atoms with van der Waals surface area (Å²) in [4.78, 5) is 0. The maximum absolute atomic E-state index is 6.13. The zero-order valence-electron chi connectivity index (χ0n) is 10.6. The Morgan fingerprint density at radius 3 is 2.42 bits per heavy atom. The molecule has 1 aliphatic rings. The molecule has 2 aromatic rings. The van der Waals surface area contributed by atoms with Gasteiger partial charge in [0.2, 0.25) is 0 Å². The molecule has 0 unspecified atom stereocenters. The summed E-state index contributed by atoms with van der Waals surface area (Å²) >= 11 is 12.1. The van der Waals surface area contributed by atoms with Crippen LogP contribution in [-0.2, 0) is 4.74 Å². The van der Waals surface area contributed by atoms with E-state index in [0.29, 0.717) is 16.0 Å². The van der Waals surface area contributed by atoms with Crippen molar-refractivity contribution in [1.82, 2.24) is 0 Å². The Morgan fingerprint density at radius 2 is 1.74 bits per heavy atom. The fourth-order valence-electron chi connectivity index (χ4n) is 2.86. The summed E-state index contributed by atoms with van der Waals surface area (Å²) in [6.07, 6.45) is 1.11. The van der Waals surface area contributed by atoms with Crippen molar-refractivity contribution >= 4 is 23.2 Å². The normalized spacial score (nSPS) is 21.4. The summed E-state index contributed by atoms with van der Waals surface area (Å²) in [5.74, 6) is 0.330. The van der Waals surface area contributed by atoms with E-state index in [1.54, 1.807) is 7.11 Å². The second kappa shape index (κ2) is 5.16. The average Bonchev–Trinajstić information content (AvgIpc) is 2.81. The van der Waals surface area contributed by atoms with Crippen LogP contribution in [-0.4, -0.2) is 7.11 Å². The van der Waals surface area contributed by atoms with Gasteiger partial charge in [0, 0.05) is 13.0 Å². The van der Waals surface area contributed by atoms with E-state index in [2.05, 4.69) is 24.3 Å². The van der Waals surface area contributed by atoms with Gasteiger partial charge in [0.1, 0.15) is 0 Å². The quantitative estimate of drug-likeness (QED) is 0.738. The highest BCUT2D eigenvalue weighted by Crippen LogP contribution is 2.46. The predicted molar refractivity (Wildman–Crippen MR) is 79.1 cm³/mol. The summed E-state index contributed by atoms with van der Waals surface area (Å²) in [6.45, 7) is 0. The van der Waals surface area contributed by atoms with Gasteiger partial charge in [0.05, 0.1) is 16.1 Å². The Labute approximate surface area is 123 Å². The molecule has 0 spiro atoms. The van der Waals surface area contributed by atoms with Crippen LogP contribution in [0.5, 0.6) is 0 Å². The maximum Gasteiger partial charge on any atom is 0.0833 e. The van der Waals surface area contributed by atoms with Crippen molar-refractivity contribution in [3.8, 4) is 0 Å². The molecule has 3 rings (SSSR count). The van der Waals surface area contributed by atoms with E-state index >= 15 is 0 Å². The minimum atomic E-state index is 0.163. The first-order valence-corrected chi connectivity index (χ1v) is 7.03. The number of ether oxygens (including phenoxy) is 1. The van der Waals surface area contributed by atoms with Crippen molar-refractivity contribution in [3.63, 3.8) is 0 Å². The van der Waals surface area contributed by atoms with Crippen molar-refractivity contribution in [3.05, 3.63) is 69.2 Å². The first-order chi connectivity index (χ1) is 9.20. The van der Waals surface area contributed by atoms with E-state index in [-0.39, 0.29) is 6.10 Å². The zero-order valence-corrected chi connectivity index (χ0v) is 12.1. The highest BCUT2D eigenvalue weighted by atomic mass is 35.5. The number of hydrogen-bond acceptors (Lipinski definition) is 1. The molecule has 1 nitrogen and oxygen atoms in total. The van der Waals surface area contributed by atoms with Gasteiger partial charge >= 0.3 is 0 Å². The second-order valence-corrected chi connectivity index (χ2v) is 5.63. The number of halogens is 2. The molecule has 0 fully saturated rings. The molecule has 0 amide bonds. The third kappa shape index (κ3) is 2.27. The highest BCUT2D eigenvalue weighted by Gasteiger charge is 2.31. The van der Waals surface area contributed by atoms with Gasteiger partial charge in [-0.05, 0) is 35.2 Å². The molecule has 0 saturated carbocycles. The van der Waals surface area contributed by atoms with Gasteiger partial charge in [-0.2, -0.15) is 0 Å². The minimum absolute atomic E-state index is 0.163. The summed E-state index contributed by atoms with van der Waals surface area (Å²) in [5.41, 5.74) is 3.80. The summed E-state index contributed by atoms with van der Waals surface area (Å²) in [6, 6.07) is 14.3. The van der Waals surface area contributed by atoms with Crippen molar-refractivity contribution in [2.45, 2.75) is 18.4 Å². The van der Waals surface area contributed by atoms with Crippen LogP contribution in [0.4, 0.5) is 0 Å². The average molecular weight is 293 g/mol. The molecule has 1 aliphatic carbocycles. The van der Waals surface area contributed by atoms with Gasteiger partial charge in [-0.15, -0.1) is 0 Å². The molecular formula is C16H14Cl2O. The molecule has 19 heavy (non-hydrogen) atoms. The van der Waals surface area contributed by atoms with E-state index in [1.807, 2.05) is 18.2 Å². The number of fused-ring (bicyclic) bond motifs is 1. The Morgan fingerprint density at radius 1 is 1.00 bits per heavy atom. The summed E-state index contributed by atoms with van der Waals surface area (Å²) < 4.78 is 5.58. The van der Waals surface area contributed by atoms with Gasteiger partial charge < -0.3 is 4.74 Å². The molecule has 0 bridgehead atoms. The lowest BCUT2D eigenvalue weighted by atomic mass is 9.93. The van der Waals surface area contributed by atoms with Gasteiger partial charge in [-0.1, -0.05) is 53.5 Å². The molecule has 0 radical (unpaired) electrons. The lowest BCUT2D eigenvalue weighted by molar-refractivity contribution is 0.102. The Bertz CT molecular complexity index is 609. The van der Waals surface area contributed by atoms with Crippen LogP contribution in [0.3, 0.4) is 0 Å². The van der Waals surface area contributed by atoms with Crippen molar-refractivity contribution in [1.29, 1.82) is 0 Å². The molecule has 2 atom stereocenters. The van der Waals surface area contributed by atoms with Crippen molar-refractivity contribution in [2.75, 3.05) is 7.11 Å². The maximum atomic E-state index is 6.13. The zero-order chi connectivity index (χ0) is 13.4. The van der Waals surface area contributed by atoms with E-state index in [4.69, 9.17) is 27.9 Å². The van der Waals surface area contributed by atoms with E-state index in [1.165, 1.54) is 16.7 Å². The highest BCUT2D eigenvalue weighted by molar-refractivity contribution is 6.42. The third-order valence-corrected chi connectivity index (χ3v) is 4.54. The van der Waals surface area contributed by atoms with Crippen molar-refractivity contribution < 1.29 is 4.74 Å². The number of methoxy groups -OCH3 is 1. The van der Waals surface area contributed by atoms with Gasteiger partial charge in [0.15, 0.2) is 0 Å². The molecule has 0 N–H and O–H groups in total. The smallest absolute Gasteiger partial charge is 0.0833 e. The minimum Gasteiger partial charge on any atom is -0.377 e. The van der Waals surface area contributed by atoms with Gasteiger partial charge in [0.25, 0.3) is 0 Å². The van der Waals surface area contributed by atoms with E-state index in [9.17, 15) is 0 Å². The molecular weight excluding hydrogens is 279 g/mol. The lowest BCUT2D eigenvalue weighted by Gasteiger charge is -2.13. The van der Waals surface area contributed by atoms with Crippen LogP contribution in [0.2, 0.25) is 10.0 Å². The molecule has 98 valence electrons. The Balaban J connectivity index is 2.05. The van der Waals surface area contributed by atoms with Crippen LogP contribution in [0.15, 0.2) is 42.5 Å². The van der Waals surface area contributed by atoms with Crippen LogP contribution in [0, 0.1) is 0 Å². The largest absolute Gasteiger partial charge is 0.377 e. The van der Waals surface area contributed by atoms with Crippen LogP contribution in [0.25, 0.3) is 0 Å². The SMILES string of the molecule is CO[C@H]1C[C@@H](c2ccc(Cl)c(Cl)c2)c2ccccc21. The second-order valence-electron chi connectivity index (χ2n) is 4.82. The summed E-state index contributed by atoms with van der Waals surface area (Å²) in [7, 11) is 1.76. The third-order valence-electron chi connectivity index (χ3n) is 3.80. The molecule has 2 aromatic carbocycles. The van der Waals surface area contributed by atoms with E-state index in [0.717, 1.165) is 6.42 Å². The molecule has 0 saturated heterocycles. The van der Waals surface area contributed by atoms with Gasteiger partial charge in [-0.3, -0.25) is 0 Å². The number of benzene rings is 2. The number of hydrogen-bond donors (Lipinski definition) is 0. The molecule has 3 heteroatoms. The molecule has 0 heterocycles. The van der Waals surface area contributed by atoms with Crippen LogP contribution >= 0.6 is 23.2 Å². The molecule has 0 aromatic heterocycles. The first kappa shape index (κ1) is 13.0. The topological polar surface area (TPSA) is 9.23 Å². The van der Waals surface area contributed by atoms with Crippen molar-refractivity contribution in [2.24, 2.45) is 0 Å². The Hall–Kier alpha value is -1.02. The monoisotopic (exact) mass is 292 g/mol. The first-order valence-electron chi connectivity index (χ1n) is 6.27. The van der Waals surface area contributed by atoms with Crippen LogP contribution < -0.4 is 0 Å². The van der Waals surface area contributed by atoms with E-state index < -0.39 is 0 Å². The van der Waals surface area contributed by atoms with Crippen LogP contribution in [0.1, 0.15) is 35.1 Å². The lowest BCUT2D eigenvalue weighted by Crippen LogP contribution is -1.97.